The number of benzene rings is 1. The molecule has 1 spiro atoms. The summed E-state index contributed by atoms with van der Waals surface area (Å²) in [5, 5.41) is 10.4. The van der Waals surface area contributed by atoms with Gasteiger partial charge in [0, 0.05) is 17.8 Å². The Morgan fingerprint density at radius 2 is 2.00 bits per heavy atom. The van der Waals surface area contributed by atoms with Crippen LogP contribution in [-0.2, 0) is 25.7 Å². The minimum Gasteiger partial charge on any atom is -0.466 e. The van der Waals surface area contributed by atoms with Crippen LogP contribution in [0.5, 0.6) is 0 Å². The first kappa shape index (κ1) is 27.7. The Morgan fingerprint density at radius 3 is 2.59 bits per heavy atom. The van der Waals surface area contributed by atoms with Gasteiger partial charge in [-0.3, -0.25) is 14.4 Å². The highest BCUT2D eigenvalue weighted by atomic mass is 32.2. The molecule has 7 nitrogen and oxygen atoms in total. The third-order valence-corrected chi connectivity index (χ3v) is 10.2. The Morgan fingerprint density at radius 1 is 1.30 bits per heavy atom. The zero-order valence-electron chi connectivity index (χ0n) is 22.4. The van der Waals surface area contributed by atoms with Crippen molar-refractivity contribution >= 4 is 29.5 Å². The van der Waals surface area contributed by atoms with Crippen LogP contribution in [-0.4, -0.2) is 74.0 Å². The molecule has 4 rings (SSSR count). The molecule has 0 aromatic heterocycles. The normalized spacial score (nSPS) is 30.9. The first-order valence-electron chi connectivity index (χ1n) is 13.4. The van der Waals surface area contributed by atoms with Crippen molar-refractivity contribution in [2.75, 3.05) is 19.8 Å². The summed E-state index contributed by atoms with van der Waals surface area (Å²) >= 11 is 1.63. The Balaban J connectivity index is 1.80. The van der Waals surface area contributed by atoms with E-state index in [0.29, 0.717) is 25.9 Å². The van der Waals surface area contributed by atoms with Crippen LogP contribution in [0, 0.1) is 17.8 Å². The van der Waals surface area contributed by atoms with E-state index in [2.05, 4.69) is 6.58 Å². The number of hydrogen-bond donors (Lipinski definition) is 1. The van der Waals surface area contributed by atoms with E-state index < -0.39 is 33.4 Å². The lowest BCUT2D eigenvalue weighted by atomic mass is 9.66. The lowest BCUT2D eigenvalue weighted by Crippen LogP contribution is -2.57. The summed E-state index contributed by atoms with van der Waals surface area (Å²) in [5.41, 5.74) is 0.989. The SMILES string of the molecule is C=CCN(Cc1ccccc1)C(=O)C1N([C@@H](CO)CC(C)C)C(=O)[C@@H]2[C@H](C(=O)OCC)[C@]3(C)CCC12S3. The maximum atomic E-state index is 14.5. The van der Waals surface area contributed by atoms with E-state index in [1.807, 2.05) is 51.1 Å². The fraction of sp³-hybridized carbons (Fsp3) is 0.621. The van der Waals surface area contributed by atoms with Crippen LogP contribution in [0.3, 0.4) is 0 Å². The zero-order valence-corrected chi connectivity index (χ0v) is 23.2. The Kier molecular flexibility index (Phi) is 8.10. The standard InChI is InChI=1S/C29H40N2O5S/c1-6-15-30(17-20-11-9-8-10-12-20)26(34)24-29-14-13-28(5,37-29)23(27(35)36-7-2)22(29)25(33)31(24)21(18-32)16-19(3)4/h6,8-12,19,21-24,32H,1,7,13-18H2,2-5H3/t21-,22+,23-,24?,28+,29?/m1/s1. The number of amides is 2. The number of rotatable bonds is 11. The largest absolute Gasteiger partial charge is 0.466 e. The number of esters is 1. The van der Waals surface area contributed by atoms with Gasteiger partial charge < -0.3 is 19.6 Å². The van der Waals surface area contributed by atoms with E-state index in [0.717, 1.165) is 12.0 Å². The smallest absolute Gasteiger partial charge is 0.311 e. The minimum atomic E-state index is -0.768. The predicted molar refractivity (Wildman–Crippen MR) is 145 cm³/mol. The molecule has 3 fully saturated rings. The molecule has 1 aromatic rings. The summed E-state index contributed by atoms with van der Waals surface area (Å²) < 4.78 is 4.26. The van der Waals surface area contributed by atoms with E-state index in [-0.39, 0.29) is 36.9 Å². The van der Waals surface area contributed by atoms with Gasteiger partial charge in [-0.05, 0) is 44.6 Å². The topological polar surface area (TPSA) is 87.2 Å². The minimum absolute atomic E-state index is 0.150. The molecule has 2 bridgehead atoms. The molecule has 0 aliphatic carbocycles. The second kappa shape index (κ2) is 10.8. The van der Waals surface area contributed by atoms with Gasteiger partial charge in [-0.15, -0.1) is 18.3 Å². The highest BCUT2D eigenvalue weighted by molar-refractivity contribution is 8.02. The highest BCUT2D eigenvalue weighted by Gasteiger charge is 2.78. The average molecular weight is 529 g/mol. The first-order chi connectivity index (χ1) is 17.6. The molecule has 6 atom stereocenters. The predicted octanol–water partition coefficient (Wildman–Crippen LogP) is 3.65. The molecule has 3 saturated heterocycles. The Labute approximate surface area is 224 Å². The molecule has 0 saturated carbocycles. The summed E-state index contributed by atoms with van der Waals surface area (Å²) in [5.74, 6) is -1.75. The number of aliphatic hydroxyl groups excluding tert-OH is 1. The summed E-state index contributed by atoms with van der Waals surface area (Å²) in [6.07, 6.45) is 3.68. The van der Waals surface area contributed by atoms with Crippen molar-refractivity contribution in [1.82, 2.24) is 9.80 Å². The van der Waals surface area contributed by atoms with Gasteiger partial charge in [0.05, 0.1) is 35.8 Å². The fourth-order valence-electron chi connectivity index (χ4n) is 6.81. The summed E-state index contributed by atoms with van der Waals surface area (Å²) in [7, 11) is 0. The molecule has 1 aromatic carbocycles. The Bertz CT molecular complexity index is 1030. The quantitative estimate of drug-likeness (QED) is 0.349. The maximum Gasteiger partial charge on any atom is 0.311 e. The highest BCUT2D eigenvalue weighted by Crippen LogP contribution is 2.71. The van der Waals surface area contributed by atoms with Gasteiger partial charge >= 0.3 is 5.97 Å². The molecule has 1 N–H and O–H groups in total. The lowest BCUT2D eigenvalue weighted by Gasteiger charge is -2.40. The number of fused-ring (bicyclic) bond motifs is 1. The van der Waals surface area contributed by atoms with Crippen molar-refractivity contribution < 1.29 is 24.2 Å². The van der Waals surface area contributed by atoms with E-state index in [9.17, 15) is 19.5 Å². The van der Waals surface area contributed by atoms with Crippen LogP contribution < -0.4 is 0 Å². The van der Waals surface area contributed by atoms with Crippen LogP contribution in [0.4, 0.5) is 0 Å². The zero-order chi connectivity index (χ0) is 27.0. The monoisotopic (exact) mass is 528 g/mol. The lowest BCUT2D eigenvalue weighted by molar-refractivity contribution is -0.155. The van der Waals surface area contributed by atoms with Gasteiger partial charge in [-0.2, -0.15) is 0 Å². The van der Waals surface area contributed by atoms with Gasteiger partial charge in [0.15, 0.2) is 0 Å². The molecule has 37 heavy (non-hydrogen) atoms. The van der Waals surface area contributed by atoms with Crippen molar-refractivity contribution in [3.05, 3.63) is 48.6 Å². The second-order valence-corrected chi connectivity index (χ2v) is 13.1. The van der Waals surface area contributed by atoms with E-state index in [4.69, 9.17) is 4.74 Å². The van der Waals surface area contributed by atoms with Crippen molar-refractivity contribution in [2.45, 2.75) is 75.1 Å². The maximum absolute atomic E-state index is 14.5. The van der Waals surface area contributed by atoms with Gasteiger partial charge in [-0.1, -0.05) is 50.3 Å². The summed E-state index contributed by atoms with van der Waals surface area (Å²) in [6.45, 7) is 12.5. The molecule has 0 radical (unpaired) electrons. The molecule has 2 unspecified atom stereocenters. The number of ether oxygens (including phenoxy) is 1. The van der Waals surface area contributed by atoms with Crippen LogP contribution in [0.25, 0.3) is 0 Å². The number of likely N-dealkylation sites (tertiary alicyclic amines) is 1. The molecule has 8 heteroatoms. The van der Waals surface area contributed by atoms with Crippen molar-refractivity contribution in [1.29, 1.82) is 0 Å². The summed E-state index contributed by atoms with van der Waals surface area (Å²) in [6, 6.07) is 8.50. The van der Waals surface area contributed by atoms with Gasteiger partial charge in [0.25, 0.3) is 0 Å². The molecule has 3 aliphatic heterocycles. The van der Waals surface area contributed by atoms with Crippen LogP contribution in [0.2, 0.25) is 0 Å². The number of nitrogens with zero attached hydrogens (tertiary/aromatic N) is 2. The van der Waals surface area contributed by atoms with Crippen molar-refractivity contribution in [3.8, 4) is 0 Å². The van der Waals surface area contributed by atoms with Crippen LogP contribution in [0.1, 0.15) is 52.5 Å². The molecule has 2 amide bonds. The van der Waals surface area contributed by atoms with Gasteiger partial charge in [-0.25, -0.2) is 0 Å². The van der Waals surface area contributed by atoms with E-state index >= 15 is 0 Å². The third-order valence-electron chi connectivity index (χ3n) is 8.21. The molecule has 202 valence electrons. The average Bonchev–Trinajstić information content (AvgIpc) is 3.43. The molecular weight excluding hydrogens is 488 g/mol. The van der Waals surface area contributed by atoms with Gasteiger partial charge in [0.1, 0.15) is 6.04 Å². The number of thioether (sulfide) groups is 1. The molecular formula is C29H40N2O5S. The van der Waals surface area contributed by atoms with Crippen molar-refractivity contribution in [2.24, 2.45) is 17.8 Å². The van der Waals surface area contributed by atoms with E-state index in [1.165, 1.54) is 0 Å². The van der Waals surface area contributed by atoms with Crippen LogP contribution in [0.15, 0.2) is 43.0 Å². The number of carbonyl (C=O) groups is 3. The third kappa shape index (κ3) is 4.71. The van der Waals surface area contributed by atoms with E-state index in [1.54, 1.807) is 34.6 Å². The van der Waals surface area contributed by atoms with Gasteiger partial charge in [0.2, 0.25) is 11.8 Å². The molecule has 3 aliphatic rings. The number of hydrogen-bond acceptors (Lipinski definition) is 6. The van der Waals surface area contributed by atoms with Crippen molar-refractivity contribution in [3.63, 3.8) is 0 Å². The molecule has 3 heterocycles. The first-order valence-corrected chi connectivity index (χ1v) is 14.2. The Hall–Kier alpha value is -2.32. The second-order valence-electron chi connectivity index (χ2n) is 11.2. The number of carbonyl (C=O) groups excluding carboxylic acids is 3. The van der Waals surface area contributed by atoms with Crippen LogP contribution >= 0.6 is 11.8 Å². The fourth-order valence-corrected chi connectivity index (χ4v) is 9.14. The number of aliphatic hydroxyl groups is 1. The summed E-state index contributed by atoms with van der Waals surface area (Å²) in [4.78, 5) is 45.4.